The van der Waals surface area contributed by atoms with Crippen molar-refractivity contribution in [3.05, 3.63) is 30.3 Å². The van der Waals surface area contributed by atoms with Crippen molar-refractivity contribution in [3.8, 4) is 5.75 Å². The summed E-state index contributed by atoms with van der Waals surface area (Å²) < 4.78 is 5.53. The van der Waals surface area contributed by atoms with Crippen molar-refractivity contribution < 1.29 is 9.53 Å². The van der Waals surface area contributed by atoms with E-state index < -0.39 is 5.66 Å². The Morgan fingerprint density at radius 1 is 1.21 bits per heavy atom. The summed E-state index contributed by atoms with van der Waals surface area (Å²) in [4.78, 5) is 11.9. The standard InChI is InChI=1S/C18H28N4O2/c1-18(2,22-21-15-9-5-3-6-10-15)20-17(23)19-13-14-24-16-11-7-4-8-12-16/h4,7-8,11-12,15H,3,5-6,9-10,13-14H2,1-2H3,(H2,19,20,23). The highest BCUT2D eigenvalue weighted by Gasteiger charge is 2.20. The molecule has 6 heteroatoms. The third-order valence-electron chi connectivity index (χ3n) is 3.86. The van der Waals surface area contributed by atoms with E-state index in [0.29, 0.717) is 19.2 Å². The lowest BCUT2D eigenvalue weighted by atomic mass is 9.96. The first-order valence-corrected chi connectivity index (χ1v) is 8.71. The summed E-state index contributed by atoms with van der Waals surface area (Å²) in [6, 6.07) is 9.57. The number of azo groups is 1. The van der Waals surface area contributed by atoms with Gasteiger partial charge in [-0.25, -0.2) is 4.79 Å². The van der Waals surface area contributed by atoms with Gasteiger partial charge in [-0.3, -0.25) is 0 Å². The van der Waals surface area contributed by atoms with Crippen molar-refractivity contribution in [3.63, 3.8) is 0 Å². The van der Waals surface area contributed by atoms with E-state index in [1.165, 1.54) is 19.3 Å². The van der Waals surface area contributed by atoms with Crippen LogP contribution in [-0.4, -0.2) is 30.9 Å². The predicted molar refractivity (Wildman–Crippen MR) is 94.3 cm³/mol. The molecule has 132 valence electrons. The molecule has 1 aliphatic rings. The Hall–Kier alpha value is -2.11. The number of carbonyl (C=O) groups excluding carboxylic acids is 1. The molecule has 1 aromatic rings. The number of amides is 2. The molecule has 2 rings (SSSR count). The average Bonchev–Trinajstić information content (AvgIpc) is 2.58. The minimum Gasteiger partial charge on any atom is -0.492 e. The molecule has 0 bridgehead atoms. The molecule has 0 aliphatic heterocycles. The van der Waals surface area contributed by atoms with Crippen molar-refractivity contribution in [2.24, 2.45) is 10.2 Å². The molecule has 24 heavy (non-hydrogen) atoms. The Kier molecular flexibility index (Phi) is 7.03. The summed E-state index contributed by atoms with van der Waals surface area (Å²) >= 11 is 0. The van der Waals surface area contributed by atoms with E-state index in [9.17, 15) is 4.79 Å². The fourth-order valence-electron chi connectivity index (χ4n) is 2.62. The van der Waals surface area contributed by atoms with E-state index in [-0.39, 0.29) is 6.03 Å². The first kappa shape index (κ1) is 18.2. The van der Waals surface area contributed by atoms with Gasteiger partial charge in [0.15, 0.2) is 0 Å². The Bertz CT molecular complexity index is 525. The van der Waals surface area contributed by atoms with Gasteiger partial charge < -0.3 is 15.4 Å². The maximum Gasteiger partial charge on any atom is 0.316 e. The largest absolute Gasteiger partial charge is 0.492 e. The number of rotatable bonds is 7. The average molecular weight is 332 g/mol. The number of benzene rings is 1. The first-order chi connectivity index (χ1) is 11.6. The normalized spacial score (nSPS) is 16.1. The van der Waals surface area contributed by atoms with Gasteiger partial charge in [-0.05, 0) is 38.8 Å². The second-order valence-electron chi connectivity index (χ2n) is 6.61. The van der Waals surface area contributed by atoms with Gasteiger partial charge in [0, 0.05) is 0 Å². The molecule has 0 radical (unpaired) electrons. The lowest BCUT2D eigenvalue weighted by molar-refractivity contribution is 0.225. The molecule has 1 fully saturated rings. The van der Waals surface area contributed by atoms with Crippen LogP contribution < -0.4 is 15.4 Å². The van der Waals surface area contributed by atoms with Crippen molar-refractivity contribution in [2.75, 3.05) is 13.2 Å². The van der Waals surface area contributed by atoms with Gasteiger partial charge in [0.1, 0.15) is 18.0 Å². The fourth-order valence-corrected chi connectivity index (χ4v) is 2.62. The van der Waals surface area contributed by atoms with Gasteiger partial charge in [-0.1, -0.05) is 37.5 Å². The molecule has 0 spiro atoms. The van der Waals surface area contributed by atoms with Crippen LogP contribution in [0.25, 0.3) is 0 Å². The van der Waals surface area contributed by atoms with Gasteiger partial charge in [-0.15, -0.1) is 0 Å². The lowest BCUT2D eigenvalue weighted by Crippen LogP contribution is -2.48. The number of nitrogens with zero attached hydrogens (tertiary/aromatic N) is 2. The molecule has 0 unspecified atom stereocenters. The number of carbonyl (C=O) groups is 1. The molecule has 6 nitrogen and oxygen atoms in total. The van der Waals surface area contributed by atoms with Gasteiger partial charge in [0.05, 0.1) is 12.6 Å². The summed E-state index contributed by atoms with van der Waals surface area (Å²) in [5.74, 6) is 0.793. The third-order valence-corrected chi connectivity index (χ3v) is 3.86. The molecular formula is C18H28N4O2. The molecule has 1 saturated carbocycles. The van der Waals surface area contributed by atoms with Crippen LogP contribution >= 0.6 is 0 Å². The van der Waals surface area contributed by atoms with Crippen LogP contribution in [0.1, 0.15) is 46.0 Å². The van der Waals surface area contributed by atoms with Crippen molar-refractivity contribution in [1.29, 1.82) is 0 Å². The zero-order chi connectivity index (χ0) is 17.3. The van der Waals surface area contributed by atoms with E-state index >= 15 is 0 Å². The van der Waals surface area contributed by atoms with Crippen LogP contribution in [0.4, 0.5) is 4.79 Å². The quantitative estimate of drug-likeness (QED) is 0.587. The second-order valence-corrected chi connectivity index (χ2v) is 6.61. The number of hydrogen-bond donors (Lipinski definition) is 2. The topological polar surface area (TPSA) is 75.1 Å². The first-order valence-electron chi connectivity index (χ1n) is 8.71. The number of hydrogen-bond acceptors (Lipinski definition) is 4. The summed E-state index contributed by atoms with van der Waals surface area (Å²) in [6.07, 6.45) is 5.94. The molecule has 0 aromatic heterocycles. The molecule has 0 atom stereocenters. The SMILES string of the molecule is CC(C)(N=NC1CCCCC1)NC(=O)NCCOc1ccccc1. The maximum absolute atomic E-state index is 11.9. The second kappa shape index (κ2) is 9.25. The number of urea groups is 1. The van der Waals surface area contributed by atoms with Crippen LogP contribution in [0.2, 0.25) is 0 Å². The van der Waals surface area contributed by atoms with Crippen molar-refractivity contribution in [2.45, 2.75) is 57.7 Å². The van der Waals surface area contributed by atoms with E-state index in [0.717, 1.165) is 18.6 Å². The Labute approximate surface area is 144 Å². The van der Waals surface area contributed by atoms with Crippen molar-refractivity contribution in [1.82, 2.24) is 10.6 Å². The lowest BCUT2D eigenvalue weighted by Gasteiger charge is -2.23. The predicted octanol–water partition coefficient (Wildman–Crippen LogP) is 3.89. The summed E-state index contributed by atoms with van der Waals surface area (Å²) in [7, 11) is 0. The highest BCUT2D eigenvalue weighted by atomic mass is 16.5. The van der Waals surface area contributed by atoms with E-state index in [2.05, 4.69) is 20.9 Å². The zero-order valence-electron chi connectivity index (χ0n) is 14.6. The number of ether oxygens (including phenoxy) is 1. The van der Waals surface area contributed by atoms with Crippen LogP contribution in [0.3, 0.4) is 0 Å². The molecule has 1 aromatic carbocycles. The third kappa shape index (κ3) is 6.98. The minimum atomic E-state index is -0.707. The Morgan fingerprint density at radius 3 is 2.62 bits per heavy atom. The smallest absolute Gasteiger partial charge is 0.316 e. The van der Waals surface area contributed by atoms with Crippen LogP contribution in [0.5, 0.6) is 5.75 Å². The zero-order valence-corrected chi connectivity index (χ0v) is 14.6. The van der Waals surface area contributed by atoms with Crippen LogP contribution in [0.15, 0.2) is 40.6 Å². The fraction of sp³-hybridized carbons (Fsp3) is 0.611. The van der Waals surface area contributed by atoms with E-state index in [1.807, 2.05) is 44.2 Å². The highest BCUT2D eigenvalue weighted by molar-refractivity contribution is 5.74. The van der Waals surface area contributed by atoms with E-state index in [1.54, 1.807) is 0 Å². The molecule has 0 heterocycles. The molecule has 2 N–H and O–H groups in total. The number of nitrogens with one attached hydrogen (secondary N) is 2. The summed E-state index contributed by atoms with van der Waals surface area (Å²) in [5, 5.41) is 14.3. The Morgan fingerprint density at radius 2 is 1.92 bits per heavy atom. The molecule has 2 amide bonds. The van der Waals surface area contributed by atoms with Crippen molar-refractivity contribution >= 4 is 6.03 Å². The van der Waals surface area contributed by atoms with Crippen LogP contribution in [-0.2, 0) is 0 Å². The minimum absolute atomic E-state index is 0.265. The van der Waals surface area contributed by atoms with Gasteiger partial charge in [0.2, 0.25) is 0 Å². The van der Waals surface area contributed by atoms with E-state index in [4.69, 9.17) is 4.74 Å². The number of para-hydroxylation sites is 1. The van der Waals surface area contributed by atoms with Gasteiger partial charge in [-0.2, -0.15) is 10.2 Å². The summed E-state index contributed by atoms with van der Waals surface area (Å²) in [5.41, 5.74) is -0.707. The Balaban J connectivity index is 1.65. The van der Waals surface area contributed by atoms with Crippen LogP contribution in [0, 0.1) is 0 Å². The molecule has 1 aliphatic carbocycles. The molecular weight excluding hydrogens is 304 g/mol. The molecule has 0 saturated heterocycles. The monoisotopic (exact) mass is 332 g/mol. The summed E-state index contributed by atoms with van der Waals surface area (Å²) in [6.45, 7) is 4.54. The van der Waals surface area contributed by atoms with Gasteiger partial charge >= 0.3 is 6.03 Å². The van der Waals surface area contributed by atoms with Gasteiger partial charge in [0.25, 0.3) is 0 Å². The highest BCUT2D eigenvalue weighted by Crippen LogP contribution is 2.21. The maximum atomic E-state index is 11.9.